The molecule has 0 saturated carbocycles. The fourth-order valence-corrected chi connectivity index (χ4v) is 12.2. The number of rotatable bonds is 11. The smallest absolute Gasteiger partial charge is 0.407 e. The highest BCUT2D eigenvalue weighted by atomic mass is 32.2. The summed E-state index contributed by atoms with van der Waals surface area (Å²) in [7, 11) is -7.10. The van der Waals surface area contributed by atoms with Gasteiger partial charge in [0.05, 0.1) is 64.5 Å². The molecule has 5 N–H and O–H groups in total. The summed E-state index contributed by atoms with van der Waals surface area (Å²) in [6, 6.07) is 13.8. The maximum Gasteiger partial charge on any atom is 0.407 e. The molecule has 4 aliphatic heterocycles. The Hall–Kier alpha value is -7.05. The molecule has 4 aliphatic rings. The number of carbonyl (C=O) groups is 3. The lowest BCUT2D eigenvalue weighted by atomic mass is 9.97. The van der Waals surface area contributed by atoms with E-state index in [0.29, 0.717) is 36.4 Å². The largest absolute Gasteiger partial charge is 0.444 e. The summed E-state index contributed by atoms with van der Waals surface area (Å²) in [4.78, 5) is 57.8. The number of alkyl carbamates (subject to hydrolysis) is 1. The fourth-order valence-electron chi connectivity index (χ4n) is 11.1. The average molecular weight is 1120 g/mol. The van der Waals surface area contributed by atoms with Crippen LogP contribution in [-0.2, 0) is 24.8 Å². The van der Waals surface area contributed by atoms with Crippen molar-refractivity contribution < 1.29 is 36.0 Å². The van der Waals surface area contributed by atoms with Gasteiger partial charge in [0.2, 0.25) is 20.0 Å². The van der Waals surface area contributed by atoms with Crippen molar-refractivity contribution in [2.45, 2.75) is 130 Å². The molecule has 0 spiro atoms. The Morgan fingerprint density at radius 2 is 1.08 bits per heavy atom. The third-order valence-corrected chi connectivity index (χ3v) is 15.8. The molecule has 24 heteroatoms. The third-order valence-electron chi connectivity index (χ3n) is 14.6. The van der Waals surface area contributed by atoms with Crippen LogP contribution < -0.4 is 30.3 Å². The number of fused-ring (bicyclic) bond motifs is 2. The normalized spacial score (nSPS) is 20.1. The molecule has 22 nitrogen and oxygen atoms in total. The Balaban J connectivity index is 0.000000195. The van der Waals surface area contributed by atoms with Crippen LogP contribution in [0.3, 0.4) is 0 Å². The molecule has 4 saturated heterocycles. The van der Waals surface area contributed by atoms with Crippen LogP contribution in [0.25, 0.3) is 11.3 Å². The number of hydrogen-bond acceptors (Lipinski definition) is 15. The van der Waals surface area contributed by atoms with Gasteiger partial charge in [-0.3, -0.25) is 19.0 Å². The number of hydrogen-bond donors (Lipinski definition) is 4. The first-order valence-electron chi connectivity index (χ1n) is 27.0. The Labute approximate surface area is 462 Å². The number of aromatic nitrogens is 6. The first-order valence-corrected chi connectivity index (χ1v) is 30.8. The monoisotopic (exact) mass is 1120 g/mol. The minimum absolute atomic E-state index is 0.0433. The van der Waals surface area contributed by atoms with Crippen LogP contribution in [0.5, 0.6) is 0 Å². The van der Waals surface area contributed by atoms with Gasteiger partial charge in [0.1, 0.15) is 17.2 Å². The number of nitrogens with one attached hydrogen (secondary N) is 3. The summed E-state index contributed by atoms with van der Waals surface area (Å²) >= 11 is 0. The molecular weight excluding hydrogens is 1050 g/mol. The molecule has 0 radical (unpaired) electrons. The van der Waals surface area contributed by atoms with E-state index in [1.165, 1.54) is 0 Å². The van der Waals surface area contributed by atoms with Gasteiger partial charge in [0.25, 0.3) is 11.8 Å². The number of amides is 3. The van der Waals surface area contributed by atoms with E-state index in [1.54, 1.807) is 50.3 Å². The van der Waals surface area contributed by atoms with E-state index in [4.69, 9.17) is 30.6 Å². The number of anilines is 4. The lowest BCUT2D eigenvalue weighted by Crippen LogP contribution is -2.40. The number of aryl methyl sites for hydroxylation is 4. The SMILES string of the molecule is Cc1ccc(NS(C)(=O)=O)c(C(=O)N2CCCC[C@H]2c2cc3nc(N4CC[C@H](N)C4)c(C)cn3n2)c1.Cc1ccc(NS(C)(=O)=O)c(C(=O)N2CCCC[C@H]2c2cc3nc(N4CC[C@H](NC(=O)OC(C)(C)C)C4)c(C)cn3n2)c1. The molecule has 0 bridgehead atoms. The topological polar surface area (TPSA) is 264 Å². The number of carbonyl (C=O) groups excluding carboxylic acids is 3. The van der Waals surface area contributed by atoms with Gasteiger partial charge in [-0.05, 0) is 124 Å². The van der Waals surface area contributed by atoms with Crippen molar-refractivity contribution in [3.05, 3.63) is 106 Å². The number of piperidine rings is 2. The number of likely N-dealkylation sites (tertiary alicyclic amines) is 2. The van der Waals surface area contributed by atoms with Crippen molar-refractivity contribution in [3.63, 3.8) is 0 Å². The fraction of sp³-hybridized carbons (Fsp3) is 0.509. The summed E-state index contributed by atoms with van der Waals surface area (Å²) in [5.74, 6) is 1.32. The molecule has 0 aliphatic carbocycles. The Morgan fingerprint density at radius 3 is 1.51 bits per heavy atom. The molecule has 4 fully saturated rings. The molecule has 3 amide bonds. The first-order chi connectivity index (χ1) is 37.3. The van der Waals surface area contributed by atoms with Crippen LogP contribution in [0.2, 0.25) is 0 Å². The molecule has 424 valence electrons. The number of nitrogens with zero attached hydrogens (tertiary/aromatic N) is 10. The van der Waals surface area contributed by atoms with E-state index in [0.717, 1.165) is 134 Å². The molecule has 79 heavy (non-hydrogen) atoms. The summed E-state index contributed by atoms with van der Waals surface area (Å²) in [5.41, 5.74) is 13.4. The second-order valence-corrected chi connectivity index (χ2v) is 26.2. The number of nitrogens with two attached hydrogens (primary N) is 1. The van der Waals surface area contributed by atoms with Crippen molar-refractivity contribution in [2.75, 3.05) is 71.0 Å². The summed E-state index contributed by atoms with van der Waals surface area (Å²) < 4.78 is 61.8. The second kappa shape index (κ2) is 22.6. The molecule has 2 aromatic carbocycles. The van der Waals surface area contributed by atoms with Crippen molar-refractivity contribution in [1.29, 1.82) is 0 Å². The maximum absolute atomic E-state index is 13.9. The predicted octanol–water partition coefficient (Wildman–Crippen LogP) is 6.81. The molecule has 10 rings (SSSR count). The van der Waals surface area contributed by atoms with Crippen LogP contribution >= 0.6 is 0 Å². The molecule has 4 aromatic heterocycles. The highest BCUT2D eigenvalue weighted by molar-refractivity contribution is 7.92. The lowest BCUT2D eigenvalue weighted by molar-refractivity contribution is 0.0507. The van der Waals surface area contributed by atoms with Crippen molar-refractivity contribution >= 4 is 72.3 Å². The van der Waals surface area contributed by atoms with E-state index >= 15 is 0 Å². The molecular formula is C55H74N14O8S2. The van der Waals surface area contributed by atoms with Crippen LogP contribution in [0.4, 0.5) is 27.8 Å². The third kappa shape index (κ3) is 13.5. The molecule has 4 atom stereocenters. The van der Waals surface area contributed by atoms with Gasteiger partial charge in [-0.25, -0.2) is 40.6 Å². The number of sulfonamides is 2. The van der Waals surface area contributed by atoms with E-state index in [-0.39, 0.29) is 47.4 Å². The standard InChI is InChI=1S/C30H41N7O5S.C25H33N7O3S/c1-19-10-11-23(34-43(6,40)41)22(15-19)28(38)36-13-8-7-9-25(36)24-16-26-32-27(20(2)17-37(26)33-24)35-14-12-21(18-35)31-29(39)42-30(3,4)5;1-16-7-8-20(29-36(3,34)35)19(12-16)25(33)31-10-5-4-6-22(31)21-13-23-27-24(17(2)14-32(23)28-21)30-11-9-18(26)15-30/h10-11,15-17,21,25,34H,7-9,12-14,18H2,1-6H3,(H,31,39);7-8,12-14,18,22,29H,4-6,9-11,15,26H2,1-3H3/t21-,25-;18-,22-/m00/s1. The van der Waals surface area contributed by atoms with Crippen molar-refractivity contribution in [2.24, 2.45) is 5.73 Å². The Bertz CT molecular complexity index is 3520. The predicted molar refractivity (Wildman–Crippen MR) is 305 cm³/mol. The average Bonchev–Trinajstić information content (AvgIpc) is 4.24. The zero-order chi connectivity index (χ0) is 56.7. The van der Waals surface area contributed by atoms with Crippen LogP contribution in [0.1, 0.15) is 139 Å². The van der Waals surface area contributed by atoms with E-state index in [1.807, 2.05) is 77.9 Å². The quantitative estimate of drug-likeness (QED) is 0.104. The minimum atomic E-state index is -3.57. The zero-order valence-corrected chi connectivity index (χ0v) is 48.2. The van der Waals surface area contributed by atoms with Crippen LogP contribution in [-0.4, -0.2) is 143 Å². The highest BCUT2D eigenvalue weighted by Gasteiger charge is 2.35. The molecule has 0 unspecified atom stereocenters. The zero-order valence-electron chi connectivity index (χ0n) is 46.6. The lowest BCUT2D eigenvalue weighted by Gasteiger charge is -2.35. The van der Waals surface area contributed by atoms with Gasteiger partial charge in [0, 0.05) is 81.0 Å². The van der Waals surface area contributed by atoms with Crippen molar-refractivity contribution in [1.82, 2.24) is 44.3 Å². The summed E-state index contributed by atoms with van der Waals surface area (Å²) in [5, 5.41) is 12.6. The number of ether oxygens (including phenoxy) is 1. The van der Waals surface area contributed by atoms with Gasteiger partial charge in [0.15, 0.2) is 11.3 Å². The minimum Gasteiger partial charge on any atom is -0.444 e. The van der Waals surface area contributed by atoms with Gasteiger partial charge < -0.3 is 35.4 Å². The van der Waals surface area contributed by atoms with Gasteiger partial charge >= 0.3 is 6.09 Å². The van der Waals surface area contributed by atoms with Crippen molar-refractivity contribution in [3.8, 4) is 0 Å². The Morgan fingerprint density at radius 1 is 0.620 bits per heavy atom. The highest BCUT2D eigenvalue weighted by Crippen LogP contribution is 2.36. The van der Waals surface area contributed by atoms with Crippen LogP contribution in [0, 0.1) is 27.7 Å². The van der Waals surface area contributed by atoms with Gasteiger partial charge in [-0.15, -0.1) is 0 Å². The van der Waals surface area contributed by atoms with Crippen LogP contribution in [0.15, 0.2) is 60.9 Å². The van der Waals surface area contributed by atoms with E-state index in [9.17, 15) is 31.2 Å². The first kappa shape index (κ1) is 56.7. The van der Waals surface area contributed by atoms with E-state index < -0.39 is 31.7 Å². The van der Waals surface area contributed by atoms with E-state index in [2.05, 4.69) is 24.6 Å². The maximum atomic E-state index is 13.9. The molecule has 6 aromatic rings. The summed E-state index contributed by atoms with van der Waals surface area (Å²) in [6.07, 6.45) is 12.6. The molecule has 8 heterocycles. The van der Waals surface area contributed by atoms with Gasteiger partial charge in [-0.2, -0.15) is 10.2 Å². The second-order valence-electron chi connectivity index (χ2n) is 22.7. The number of benzene rings is 2. The van der Waals surface area contributed by atoms with Gasteiger partial charge in [-0.1, -0.05) is 23.3 Å². The Kier molecular flexibility index (Phi) is 16.2. The summed E-state index contributed by atoms with van der Waals surface area (Å²) in [6.45, 7) is 17.5.